The van der Waals surface area contributed by atoms with Crippen LogP contribution in [-0.2, 0) is 14.3 Å². The molecule has 0 aromatic heterocycles. The van der Waals surface area contributed by atoms with E-state index in [9.17, 15) is 9.59 Å². The maximum absolute atomic E-state index is 11.9. The van der Waals surface area contributed by atoms with E-state index in [4.69, 9.17) is 4.74 Å². The molecule has 4 nitrogen and oxygen atoms in total. The molecule has 0 aliphatic carbocycles. The minimum Gasteiger partial charge on any atom is -0.464 e. The average Bonchev–Trinajstić information content (AvgIpc) is 2.88. The lowest BCUT2D eigenvalue weighted by Crippen LogP contribution is -2.36. The van der Waals surface area contributed by atoms with Crippen LogP contribution < -0.4 is 0 Å². The number of nitrogens with zero attached hydrogens (tertiary/aromatic N) is 1. The predicted molar refractivity (Wildman–Crippen MR) is 64.4 cm³/mol. The van der Waals surface area contributed by atoms with Gasteiger partial charge in [0.1, 0.15) is 0 Å². The Morgan fingerprint density at radius 1 is 1.50 bits per heavy atom. The normalized spacial score (nSPS) is 28.1. The molecule has 16 heavy (non-hydrogen) atoms. The van der Waals surface area contributed by atoms with E-state index in [2.05, 4.69) is 12.6 Å². The number of carbonyl (C=O) groups excluding carboxylic acids is 2. The third-order valence-corrected chi connectivity index (χ3v) is 3.45. The van der Waals surface area contributed by atoms with Gasteiger partial charge in [-0.1, -0.05) is 13.8 Å². The second-order valence-electron chi connectivity index (χ2n) is 4.38. The van der Waals surface area contributed by atoms with E-state index in [-0.39, 0.29) is 23.8 Å². The van der Waals surface area contributed by atoms with Crippen molar-refractivity contribution in [2.75, 3.05) is 12.4 Å². The lowest BCUT2D eigenvalue weighted by molar-refractivity contribution is -0.148. The molecule has 0 spiro atoms. The Kier molecular flexibility index (Phi) is 3.88. The molecule has 5 heteroatoms. The topological polar surface area (TPSA) is 46.4 Å². The van der Waals surface area contributed by atoms with Crippen LogP contribution in [0.1, 0.15) is 27.7 Å². The maximum atomic E-state index is 11.9. The Balaban J connectivity index is 2.96. The zero-order chi connectivity index (χ0) is 12.5. The van der Waals surface area contributed by atoms with Gasteiger partial charge in [-0.25, -0.2) is 4.79 Å². The Morgan fingerprint density at radius 2 is 2.06 bits per heavy atom. The molecule has 0 aromatic carbocycles. The molecule has 0 radical (unpaired) electrons. The number of thiol groups is 1. The van der Waals surface area contributed by atoms with Crippen molar-refractivity contribution in [3.8, 4) is 0 Å². The van der Waals surface area contributed by atoms with E-state index < -0.39 is 5.54 Å². The van der Waals surface area contributed by atoms with Gasteiger partial charge in [-0.15, -0.1) is 0 Å². The third-order valence-electron chi connectivity index (χ3n) is 2.97. The zero-order valence-corrected chi connectivity index (χ0v) is 11.1. The van der Waals surface area contributed by atoms with E-state index in [0.29, 0.717) is 12.4 Å². The van der Waals surface area contributed by atoms with Gasteiger partial charge < -0.3 is 9.64 Å². The molecule has 1 amide bonds. The molecular formula is C11H19NO3S. The first-order valence-electron chi connectivity index (χ1n) is 5.51. The van der Waals surface area contributed by atoms with Crippen molar-refractivity contribution in [3.05, 3.63) is 0 Å². The third kappa shape index (κ3) is 1.81. The van der Waals surface area contributed by atoms with Crippen LogP contribution in [0.2, 0.25) is 0 Å². The maximum Gasteiger partial charge on any atom is 0.335 e. The van der Waals surface area contributed by atoms with E-state index in [1.807, 2.05) is 13.8 Å². The summed E-state index contributed by atoms with van der Waals surface area (Å²) in [5, 5.41) is 0. The van der Waals surface area contributed by atoms with Gasteiger partial charge in [-0.3, -0.25) is 4.79 Å². The standard InChI is InChI=1S/C11H19NO3S/c1-5-15-10(14)11(6-16)9(7(2)3)12(11)8(4)13/h7,9,16H,5-6H2,1-4H3/t9-,11+,12?/m0/s1. The molecule has 1 saturated heterocycles. The van der Waals surface area contributed by atoms with Crippen molar-refractivity contribution in [1.82, 2.24) is 4.90 Å². The van der Waals surface area contributed by atoms with Crippen LogP contribution >= 0.6 is 12.6 Å². The van der Waals surface area contributed by atoms with Crippen molar-refractivity contribution in [3.63, 3.8) is 0 Å². The van der Waals surface area contributed by atoms with Gasteiger partial charge in [0.2, 0.25) is 5.91 Å². The molecule has 1 heterocycles. The highest BCUT2D eigenvalue weighted by Crippen LogP contribution is 2.47. The molecule has 1 aliphatic heterocycles. The summed E-state index contributed by atoms with van der Waals surface area (Å²) in [4.78, 5) is 25.0. The molecule has 0 saturated carbocycles. The zero-order valence-electron chi connectivity index (χ0n) is 10.2. The molecule has 2 atom stereocenters. The number of rotatable bonds is 4. The predicted octanol–water partition coefficient (Wildman–Crippen LogP) is 1.10. The van der Waals surface area contributed by atoms with Gasteiger partial charge >= 0.3 is 5.97 Å². The molecular weight excluding hydrogens is 226 g/mol. The second-order valence-corrected chi connectivity index (χ2v) is 4.70. The van der Waals surface area contributed by atoms with Crippen molar-refractivity contribution < 1.29 is 14.3 Å². The molecule has 0 N–H and O–H groups in total. The van der Waals surface area contributed by atoms with Crippen molar-refractivity contribution in [1.29, 1.82) is 0 Å². The van der Waals surface area contributed by atoms with Crippen molar-refractivity contribution >= 4 is 24.5 Å². The fourth-order valence-electron chi connectivity index (χ4n) is 2.39. The first kappa shape index (κ1) is 13.4. The van der Waals surface area contributed by atoms with Crippen LogP contribution in [0.3, 0.4) is 0 Å². The Labute approximate surface area is 102 Å². The van der Waals surface area contributed by atoms with Gasteiger partial charge in [0.15, 0.2) is 5.54 Å². The largest absolute Gasteiger partial charge is 0.464 e. The summed E-state index contributed by atoms with van der Waals surface area (Å²) in [7, 11) is 0. The molecule has 92 valence electrons. The molecule has 1 aliphatic rings. The van der Waals surface area contributed by atoms with E-state index in [0.717, 1.165) is 0 Å². The number of esters is 1. The number of amides is 1. The van der Waals surface area contributed by atoms with Crippen molar-refractivity contribution in [2.24, 2.45) is 5.92 Å². The second kappa shape index (κ2) is 4.65. The van der Waals surface area contributed by atoms with Crippen LogP contribution in [0.4, 0.5) is 0 Å². The number of hydrogen-bond donors (Lipinski definition) is 1. The van der Waals surface area contributed by atoms with E-state index in [1.165, 1.54) is 6.92 Å². The Bertz CT molecular complexity index is 306. The molecule has 1 rings (SSSR count). The molecule has 0 aromatic rings. The first-order chi connectivity index (χ1) is 7.43. The minimum absolute atomic E-state index is 0.0819. The van der Waals surface area contributed by atoms with Crippen LogP contribution in [-0.4, -0.2) is 40.7 Å². The number of carbonyl (C=O) groups is 2. The van der Waals surface area contributed by atoms with Gasteiger partial charge in [-0.05, 0) is 12.8 Å². The quantitative estimate of drug-likeness (QED) is 0.458. The summed E-state index contributed by atoms with van der Waals surface area (Å²) < 4.78 is 5.04. The SMILES string of the molecule is CCOC(=O)[C@@]1(CS)[C@H](C(C)C)N1C(C)=O. The monoisotopic (exact) mass is 245 g/mol. The molecule has 0 bridgehead atoms. The Hall–Kier alpha value is -0.710. The fourth-order valence-corrected chi connectivity index (χ4v) is 2.86. The summed E-state index contributed by atoms with van der Waals surface area (Å²) in [5.41, 5.74) is -0.834. The van der Waals surface area contributed by atoms with Gasteiger partial charge in [0.05, 0.1) is 12.6 Å². The number of hydrogen-bond acceptors (Lipinski definition) is 4. The smallest absolute Gasteiger partial charge is 0.335 e. The van der Waals surface area contributed by atoms with Gasteiger partial charge in [0.25, 0.3) is 0 Å². The average molecular weight is 245 g/mol. The van der Waals surface area contributed by atoms with E-state index >= 15 is 0 Å². The summed E-state index contributed by atoms with van der Waals surface area (Å²) in [5.74, 6) is 0.106. The van der Waals surface area contributed by atoms with Crippen LogP contribution in [0.25, 0.3) is 0 Å². The number of ether oxygens (including phenoxy) is 1. The first-order valence-corrected chi connectivity index (χ1v) is 6.14. The van der Waals surface area contributed by atoms with Gasteiger partial charge in [-0.2, -0.15) is 12.6 Å². The summed E-state index contributed by atoms with van der Waals surface area (Å²) in [6, 6.07) is -0.0819. The lowest BCUT2D eigenvalue weighted by atomic mass is 9.99. The highest BCUT2D eigenvalue weighted by molar-refractivity contribution is 7.80. The summed E-state index contributed by atoms with van der Waals surface area (Å²) >= 11 is 4.21. The van der Waals surface area contributed by atoms with Crippen LogP contribution in [0.5, 0.6) is 0 Å². The van der Waals surface area contributed by atoms with Crippen LogP contribution in [0.15, 0.2) is 0 Å². The van der Waals surface area contributed by atoms with E-state index in [1.54, 1.807) is 11.8 Å². The summed E-state index contributed by atoms with van der Waals surface area (Å²) in [6.45, 7) is 7.54. The Morgan fingerprint density at radius 3 is 2.31 bits per heavy atom. The van der Waals surface area contributed by atoms with Crippen LogP contribution in [0, 0.1) is 5.92 Å². The minimum atomic E-state index is -0.834. The van der Waals surface area contributed by atoms with Crippen molar-refractivity contribution in [2.45, 2.75) is 39.3 Å². The molecule has 1 fully saturated rings. The summed E-state index contributed by atoms with van der Waals surface area (Å²) in [6.07, 6.45) is 0. The highest BCUT2D eigenvalue weighted by atomic mass is 32.1. The lowest BCUT2D eigenvalue weighted by Gasteiger charge is -2.12. The van der Waals surface area contributed by atoms with Gasteiger partial charge in [0, 0.05) is 12.7 Å². The fraction of sp³-hybridized carbons (Fsp3) is 0.818. The highest BCUT2D eigenvalue weighted by Gasteiger charge is 2.70. The molecule has 0 unspecified atom stereocenters.